The van der Waals surface area contributed by atoms with Gasteiger partial charge in [0.25, 0.3) is 0 Å². The van der Waals surface area contributed by atoms with Crippen LogP contribution in [0.5, 0.6) is 0 Å². The molecule has 0 spiro atoms. The van der Waals surface area contributed by atoms with E-state index in [1.54, 1.807) is 24.3 Å². The van der Waals surface area contributed by atoms with Crippen molar-refractivity contribution in [2.75, 3.05) is 5.32 Å². The number of benzene rings is 1. The second-order valence-corrected chi connectivity index (χ2v) is 3.85. The number of carbonyl (C=O) groups is 2. The molecule has 1 aliphatic carbocycles. The van der Waals surface area contributed by atoms with E-state index < -0.39 is 0 Å². The van der Waals surface area contributed by atoms with E-state index in [0.717, 1.165) is 10.6 Å². The van der Waals surface area contributed by atoms with Gasteiger partial charge < -0.3 is 5.32 Å². The Labute approximate surface area is 98.3 Å². The minimum absolute atomic E-state index is 0.187. The fourth-order valence-corrected chi connectivity index (χ4v) is 1.46. The van der Waals surface area contributed by atoms with Crippen LogP contribution in [0.3, 0.4) is 0 Å². The lowest BCUT2D eigenvalue weighted by atomic mass is 10.1. The quantitative estimate of drug-likeness (QED) is 0.604. The Morgan fingerprint density at radius 3 is 2.38 bits per heavy atom. The summed E-state index contributed by atoms with van der Waals surface area (Å²) in [5.41, 5.74) is 1.04. The Balaban J connectivity index is 2.18. The Hall–Kier alpha value is -1.81. The van der Waals surface area contributed by atoms with E-state index in [0.29, 0.717) is 5.70 Å². The zero-order valence-corrected chi connectivity index (χ0v) is 9.20. The zero-order valence-electron chi connectivity index (χ0n) is 8.31. The van der Waals surface area contributed by atoms with Crippen LogP contribution in [0.15, 0.2) is 53.1 Å². The van der Waals surface area contributed by atoms with Crippen molar-refractivity contribution in [2.24, 2.45) is 0 Å². The van der Waals surface area contributed by atoms with E-state index in [9.17, 15) is 9.59 Å². The zero-order chi connectivity index (χ0) is 11.5. The summed E-state index contributed by atoms with van der Waals surface area (Å²) in [4.78, 5) is 23.4. The summed E-state index contributed by atoms with van der Waals surface area (Å²) in [7, 11) is 0. The summed E-state index contributed by atoms with van der Waals surface area (Å²) >= 11 is 4.16. The lowest BCUT2D eigenvalue weighted by Crippen LogP contribution is -2.14. The fraction of sp³-hybridized carbons (Fsp3) is 0. The van der Waals surface area contributed by atoms with Crippen molar-refractivity contribution in [3.8, 4) is 0 Å². The van der Waals surface area contributed by atoms with Gasteiger partial charge in [0.2, 0.25) is 5.78 Å². The molecule has 1 aliphatic rings. The number of allylic oxidation sites excluding steroid dienone is 3. The first-order chi connectivity index (χ1) is 7.65. The maximum absolute atomic E-state index is 11.4. The van der Waals surface area contributed by atoms with Gasteiger partial charge in [-0.15, -0.1) is 12.6 Å². The molecular formula is C12H9NO2S. The molecule has 0 aromatic heterocycles. The predicted octanol–water partition coefficient (Wildman–Crippen LogP) is 1.98. The van der Waals surface area contributed by atoms with Crippen molar-refractivity contribution < 1.29 is 9.59 Å². The number of carbonyl (C=O) groups excluding carboxylic acids is 2. The van der Waals surface area contributed by atoms with Gasteiger partial charge in [-0.05, 0) is 36.4 Å². The first kappa shape index (κ1) is 10.7. The number of hydrogen-bond acceptors (Lipinski definition) is 4. The molecule has 4 heteroatoms. The molecule has 1 N–H and O–H groups in total. The van der Waals surface area contributed by atoms with Gasteiger partial charge in [-0.1, -0.05) is 0 Å². The fourth-order valence-electron chi connectivity index (χ4n) is 1.31. The van der Waals surface area contributed by atoms with Gasteiger partial charge in [-0.3, -0.25) is 9.59 Å². The van der Waals surface area contributed by atoms with E-state index in [1.165, 1.54) is 18.2 Å². The van der Waals surface area contributed by atoms with Crippen LogP contribution in [-0.4, -0.2) is 11.6 Å². The number of thiol groups is 1. The van der Waals surface area contributed by atoms with E-state index in [4.69, 9.17) is 0 Å². The Morgan fingerprint density at radius 2 is 1.69 bits per heavy atom. The molecule has 2 rings (SSSR count). The first-order valence-corrected chi connectivity index (χ1v) is 5.14. The van der Waals surface area contributed by atoms with Crippen molar-refractivity contribution in [3.63, 3.8) is 0 Å². The Kier molecular flexibility index (Phi) is 2.92. The van der Waals surface area contributed by atoms with E-state index >= 15 is 0 Å². The van der Waals surface area contributed by atoms with Crippen LogP contribution in [-0.2, 0) is 9.59 Å². The molecule has 0 unspecified atom stereocenters. The van der Waals surface area contributed by atoms with Crippen LogP contribution in [0.4, 0.5) is 5.69 Å². The normalized spacial score (nSPS) is 14.9. The minimum atomic E-state index is -0.199. The third-order valence-corrected chi connectivity index (χ3v) is 2.40. The van der Waals surface area contributed by atoms with Crippen LogP contribution in [0.2, 0.25) is 0 Å². The molecule has 0 saturated carbocycles. The lowest BCUT2D eigenvalue weighted by molar-refractivity contribution is -0.114. The third kappa shape index (κ3) is 2.41. The van der Waals surface area contributed by atoms with Gasteiger partial charge >= 0.3 is 0 Å². The molecule has 3 nitrogen and oxygen atoms in total. The van der Waals surface area contributed by atoms with Crippen LogP contribution in [0.1, 0.15) is 0 Å². The average molecular weight is 231 g/mol. The minimum Gasteiger partial charge on any atom is -0.352 e. The van der Waals surface area contributed by atoms with Crippen molar-refractivity contribution in [1.29, 1.82) is 0 Å². The SMILES string of the molecule is O=C1C=CC(=O)C(Nc2ccc(S)cc2)=C1. The topological polar surface area (TPSA) is 46.2 Å². The summed E-state index contributed by atoms with van der Waals surface area (Å²) in [6.45, 7) is 0. The highest BCUT2D eigenvalue weighted by Crippen LogP contribution is 2.15. The highest BCUT2D eigenvalue weighted by atomic mass is 32.1. The molecule has 0 saturated heterocycles. The highest BCUT2D eigenvalue weighted by Gasteiger charge is 2.12. The van der Waals surface area contributed by atoms with Crippen molar-refractivity contribution in [1.82, 2.24) is 0 Å². The molecule has 0 amide bonds. The predicted molar refractivity (Wildman–Crippen MR) is 64.6 cm³/mol. The molecule has 0 atom stereocenters. The van der Waals surface area contributed by atoms with Gasteiger partial charge in [0.1, 0.15) is 0 Å². The van der Waals surface area contributed by atoms with Gasteiger partial charge in [0, 0.05) is 16.7 Å². The summed E-state index contributed by atoms with van der Waals surface area (Å²) in [5, 5.41) is 2.89. The van der Waals surface area contributed by atoms with Crippen LogP contribution in [0.25, 0.3) is 0 Å². The van der Waals surface area contributed by atoms with Gasteiger partial charge in [0.05, 0.1) is 5.70 Å². The van der Waals surface area contributed by atoms with Crippen molar-refractivity contribution in [2.45, 2.75) is 4.90 Å². The number of nitrogens with one attached hydrogen (secondary N) is 1. The van der Waals surface area contributed by atoms with Crippen LogP contribution >= 0.6 is 12.6 Å². The van der Waals surface area contributed by atoms with E-state index in [2.05, 4.69) is 17.9 Å². The van der Waals surface area contributed by atoms with Crippen molar-refractivity contribution in [3.05, 3.63) is 48.2 Å². The first-order valence-electron chi connectivity index (χ1n) is 4.69. The second kappa shape index (κ2) is 4.37. The largest absolute Gasteiger partial charge is 0.352 e. The maximum Gasteiger partial charge on any atom is 0.202 e. The highest BCUT2D eigenvalue weighted by molar-refractivity contribution is 7.80. The Bertz CT molecular complexity index is 500. The molecule has 80 valence electrons. The smallest absolute Gasteiger partial charge is 0.202 e. The van der Waals surface area contributed by atoms with Gasteiger partial charge in [0.15, 0.2) is 5.78 Å². The monoisotopic (exact) mass is 231 g/mol. The molecule has 0 bridgehead atoms. The average Bonchev–Trinajstić information content (AvgIpc) is 2.27. The van der Waals surface area contributed by atoms with Gasteiger partial charge in [-0.25, -0.2) is 0 Å². The molecule has 1 aromatic carbocycles. The number of hydrogen-bond donors (Lipinski definition) is 2. The summed E-state index contributed by atoms with van der Waals surface area (Å²) in [6, 6.07) is 7.19. The van der Waals surface area contributed by atoms with E-state index in [-0.39, 0.29) is 11.6 Å². The third-order valence-electron chi connectivity index (χ3n) is 2.10. The second-order valence-electron chi connectivity index (χ2n) is 3.33. The summed E-state index contributed by atoms with van der Waals surface area (Å²) in [5.74, 6) is -0.387. The molecule has 0 aliphatic heterocycles. The Morgan fingerprint density at radius 1 is 1.00 bits per heavy atom. The van der Waals surface area contributed by atoms with Gasteiger partial charge in [-0.2, -0.15) is 0 Å². The standard InChI is InChI=1S/C12H9NO2S/c14-9-3-6-12(15)11(7-9)13-8-1-4-10(16)5-2-8/h1-7,13,16H. The summed E-state index contributed by atoms with van der Waals surface area (Å²) < 4.78 is 0. The molecule has 0 fully saturated rings. The number of rotatable bonds is 2. The van der Waals surface area contributed by atoms with Crippen molar-refractivity contribution >= 4 is 29.9 Å². The van der Waals surface area contributed by atoms with Crippen LogP contribution < -0.4 is 5.32 Å². The molecule has 1 aromatic rings. The van der Waals surface area contributed by atoms with E-state index in [1.807, 2.05) is 0 Å². The summed E-state index contributed by atoms with van der Waals surface area (Å²) in [6.07, 6.45) is 3.80. The number of ketones is 2. The number of anilines is 1. The molecule has 0 heterocycles. The molecular weight excluding hydrogens is 222 g/mol. The lowest BCUT2D eigenvalue weighted by Gasteiger charge is -2.10. The maximum atomic E-state index is 11.4. The molecule has 16 heavy (non-hydrogen) atoms. The van der Waals surface area contributed by atoms with Crippen LogP contribution in [0, 0.1) is 0 Å². The molecule has 0 radical (unpaired) electrons.